The summed E-state index contributed by atoms with van der Waals surface area (Å²) in [5, 5.41) is 0. The maximum atomic E-state index is 5.10. The molecule has 0 N–H and O–H groups in total. The molecule has 2 heteroatoms. The van der Waals surface area contributed by atoms with Gasteiger partial charge in [0.1, 0.15) is 5.75 Å². The van der Waals surface area contributed by atoms with Crippen molar-refractivity contribution in [2.24, 2.45) is 0 Å². The van der Waals surface area contributed by atoms with Crippen LogP contribution in [0.2, 0.25) is 0 Å². The van der Waals surface area contributed by atoms with Gasteiger partial charge in [0.2, 0.25) is 0 Å². The van der Waals surface area contributed by atoms with E-state index < -0.39 is 0 Å². The molecule has 1 aromatic heterocycles. The largest absolute Gasteiger partial charge is 0.495 e. The zero-order valence-electron chi connectivity index (χ0n) is 6.87. The first-order valence-corrected chi connectivity index (χ1v) is 3.70. The summed E-state index contributed by atoms with van der Waals surface area (Å²) >= 11 is 0. The molecule has 0 aliphatic heterocycles. The molecular formula is C9H12NO. The summed E-state index contributed by atoms with van der Waals surface area (Å²) in [4.78, 5) is 4.16. The van der Waals surface area contributed by atoms with Crippen molar-refractivity contribution in [3.63, 3.8) is 0 Å². The van der Waals surface area contributed by atoms with E-state index in [2.05, 4.69) is 11.9 Å². The molecule has 0 amide bonds. The lowest BCUT2D eigenvalue weighted by molar-refractivity contribution is 0.409. The molecule has 1 heterocycles. The molecule has 0 spiro atoms. The zero-order valence-corrected chi connectivity index (χ0v) is 6.87. The number of rotatable bonds is 3. The van der Waals surface area contributed by atoms with Gasteiger partial charge in [-0.3, -0.25) is 4.98 Å². The fourth-order valence-electron chi connectivity index (χ4n) is 0.922. The zero-order chi connectivity index (χ0) is 8.10. The molecule has 0 unspecified atom stereocenters. The third-order valence-corrected chi connectivity index (χ3v) is 1.42. The molecule has 0 aliphatic rings. The van der Waals surface area contributed by atoms with E-state index in [1.807, 2.05) is 18.6 Å². The third-order valence-electron chi connectivity index (χ3n) is 1.42. The van der Waals surface area contributed by atoms with E-state index in [1.54, 1.807) is 13.3 Å². The van der Waals surface area contributed by atoms with E-state index in [4.69, 9.17) is 4.74 Å². The van der Waals surface area contributed by atoms with Crippen LogP contribution in [0.4, 0.5) is 0 Å². The van der Waals surface area contributed by atoms with Crippen molar-refractivity contribution < 1.29 is 4.74 Å². The van der Waals surface area contributed by atoms with Crippen LogP contribution in [0, 0.1) is 6.42 Å². The van der Waals surface area contributed by atoms with Crippen LogP contribution in [0.5, 0.6) is 5.75 Å². The van der Waals surface area contributed by atoms with Gasteiger partial charge in [0.15, 0.2) is 0 Å². The predicted molar refractivity (Wildman–Crippen MR) is 44.5 cm³/mol. The molecule has 11 heavy (non-hydrogen) atoms. The maximum Gasteiger partial charge on any atom is 0.140 e. The lowest BCUT2D eigenvalue weighted by atomic mass is 10.2. The summed E-state index contributed by atoms with van der Waals surface area (Å²) < 4.78 is 5.10. The lowest BCUT2D eigenvalue weighted by Gasteiger charge is -2.03. The summed E-state index contributed by atoms with van der Waals surface area (Å²) in [6, 6.07) is 3.78. The standard InChI is InChI=1S/C9H12NO/c1-3-5-8-9(11-2)6-4-7-10-8/h4-7H,3H2,1-2H3. The van der Waals surface area contributed by atoms with Crippen LogP contribution in [-0.2, 0) is 0 Å². The SMILES string of the molecule is CC[CH]c1ncccc1OC. The lowest BCUT2D eigenvalue weighted by Crippen LogP contribution is -1.92. The van der Waals surface area contributed by atoms with Crippen LogP contribution in [0.3, 0.4) is 0 Å². The smallest absolute Gasteiger partial charge is 0.140 e. The van der Waals surface area contributed by atoms with E-state index in [0.717, 1.165) is 17.9 Å². The van der Waals surface area contributed by atoms with Gasteiger partial charge in [-0.1, -0.05) is 6.92 Å². The van der Waals surface area contributed by atoms with Crippen molar-refractivity contribution in [2.45, 2.75) is 13.3 Å². The summed E-state index contributed by atoms with van der Waals surface area (Å²) in [5.74, 6) is 0.842. The normalized spacial score (nSPS) is 9.64. The summed E-state index contributed by atoms with van der Waals surface area (Å²) in [6.45, 7) is 2.08. The molecule has 0 fully saturated rings. The van der Waals surface area contributed by atoms with Gasteiger partial charge in [0.25, 0.3) is 0 Å². The van der Waals surface area contributed by atoms with E-state index >= 15 is 0 Å². The fraction of sp³-hybridized carbons (Fsp3) is 0.333. The molecular weight excluding hydrogens is 138 g/mol. The molecule has 0 saturated carbocycles. The number of ether oxygens (including phenoxy) is 1. The Morgan fingerprint density at radius 3 is 3.09 bits per heavy atom. The van der Waals surface area contributed by atoms with Gasteiger partial charge in [-0.15, -0.1) is 0 Å². The monoisotopic (exact) mass is 150 g/mol. The molecule has 2 nitrogen and oxygen atoms in total. The van der Waals surface area contributed by atoms with Crippen molar-refractivity contribution >= 4 is 0 Å². The topological polar surface area (TPSA) is 22.1 Å². The fourth-order valence-corrected chi connectivity index (χ4v) is 0.922. The Morgan fingerprint density at radius 1 is 1.64 bits per heavy atom. The van der Waals surface area contributed by atoms with Crippen LogP contribution >= 0.6 is 0 Å². The second kappa shape index (κ2) is 3.96. The molecule has 1 aromatic rings. The highest BCUT2D eigenvalue weighted by atomic mass is 16.5. The van der Waals surface area contributed by atoms with Crippen LogP contribution in [0.1, 0.15) is 19.0 Å². The molecule has 1 rings (SSSR count). The molecule has 0 bridgehead atoms. The first-order chi connectivity index (χ1) is 5.38. The summed E-state index contributed by atoms with van der Waals surface area (Å²) in [6.07, 6.45) is 4.79. The van der Waals surface area contributed by atoms with Gasteiger partial charge < -0.3 is 4.74 Å². The van der Waals surface area contributed by atoms with E-state index in [9.17, 15) is 0 Å². The van der Waals surface area contributed by atoms with Crippen molar-refractivity contribution in [1.82, 2.24) is 4.98 Å². The molecule has 1 radical (unpaired) electrons. The Bertz CT molecular complexity index is 223. The summed E-state index contributed by atoms with van der Waals surface area (Å²) in [5.41, 5.74) is 0.928. The minimum Gasteiger partial charge on any atom is -0.495 e. The van der Waals surface area contributed by atoms with Gasteiger partial charge in [-0.05, 0) is 18.6 Å². The second-order valence-corrected chi connectivity index (χ2v) is 2.20. The van der Waals surface area contributed by atoms with Gasteiger partial charge >= 0.3 is 0 Å². The Labute approximate surface area is 67.2 Å². The van der Waals surface area contributed by atoms with E-state index in [-0.39, 0.29) is 0 Å². The van der Waals surface area contributed by atoms with Crippen molar-refractivity contribution in [3.05, 3.63) is 30.4 Å². The average molecular weight is 150 g/mol. The van der Waals surface area contributed by atoms with Crippen LogP contribution in [-0.4, -0.2) is 12.1 Å². The van der Waals surface area contributed by atoms with Gasteiger partial charge in [-0.2, -0.15) is 0 Å². The minimum absolute atomic E-state index is 0.842. The number of methoxy groups -OCH3 is 1. The number of hydrogen-bond donors (Lipinski definition) is 0. The van der Waals surface area contributed by atoms with Gasteiger partial charge in [0, 0.05) is 12.6 Å². The number of pyridine rings is 1. The first kappa shape index (κ1) is 8.05. The number of nitrogens with zero attached hydrogens (tertiary/aromatic N) is 1. The summed E-state index contributed by atoms with van der Waals surface area (Å²) in [7, 11) is 1.66. The van der Waals surface area contributed by atoms with Crippen LogP contribution < -0.4 is 4.74 Å². The Kier molecular flexibility index (Phi) is 2.90. The van der Waals surface area contributed by atoms with Gasteiger partial charge in [0.05, 0.1) is 12.8 Å². The highest BCUT2D eigenvalue weighted by molar-refractivity contribution is 5.31. The van der Waals surface area contributed by atoms with Gasteiger partial charge in [-0.25, -0.2) is 0 Å². The Hall–Kier alpha value is -1.05. The molecule has 0 aliphatic carbocycles. The third kappa shape index (κ3) is 1.93. The number of aromatic nitrogens is 1. The highest BCUT2D eigenvalue weighted by Crippen LogP contribution is 2.16. The highest BCUT2D eigenvalue weighted by Gasteiger charge is 2.00. The van der Waals surface area contributed by atoms with Crippen molar-refractivity contribution in [2.75, 3.05) is 7.11 Å². The molecule has 0 aromatic carbocycles. The van der Waals surface area contributed by atoms with E-state index in [1.165, 1.54) is 0 Å². The molecule has 0 atom stereocenters. The average Bonchev–Trinajstić information content (AvgIpc) is 2.06. The Balaban J connectivity index is 2.83. The van der Waals surface area contributed by atoms with Crippen LogP contribution in [0.25, 0.3) is 0 Å². The predicted octanol–water partition coefficient (Wildman–Crippen LogP) is 2.05. The number of hydrogen-bond acceptors (Lipinski definition) is 2. The van der Waals surface area contributed by atoms with Crippen molar-refractivity contribution in [3.8, 4) is 5.75 Å². The quantitative estimate of drug-likeness (QED) is 0.658. The van der Waals surface area contributed by atoms with E-state index in [0.29, 0.717) is 0 Å². The maximum absolute atomic E-state index is 5.10. The molecule has 59 valence electrons. The molecule has 0 saturated heterocycles. The second-order valence-electron chi connectivity index (χ2n) is 2.20. The minimum atomic E-state index is 0.842. The van der Waals surface area contributed by atoms with Crippen molar-refractivity contribution in [1.29, 1.82) is 0 Å². The van der Waals surface area contributed by atoms with Crippen LogP contribution in [0.15, 0.2) is 18.3 Å². The Morgan fingerprint density at radius 2 is 2.45 bits per heavy atom. The first-order valence-electron chi connectivity index (χ1n) is 3.70.